The molecule has 0 saturated carbocycles. The Hall–Kier alpha value is -2.34. The number of fused-ring (bicyclic) bond motifs is 1. The van der Waals surface area contributed by atoms with Crippen LogP contribution in [-0.4, -0.2) is 35.3 Å². The summed E-state index contributed by atoms with van der Waals surface area (Å²) in [6.07, 6.45) is 0.668. The molecule has 1 aromatic heterocycles. The fourth-order valence-corrected chi connectivity index (χ4v) is 2.78. The van der Waals surface area contributed by atoms with Gasteiger partial charge in [0.2, 0.25) is 0 Å². The lowest BCUT2D eigenvalue weighted by molar-refractivity contribution is 0.0841. The van der Waals surface area contributed by atoms with Gasteiger partial charge in [0.25, 0.3) is 5.91 Å². The van der Waals surface area contributed by atoms with Crippen molar-refractivity contribution in [2.24, 2.45) is 0 Å². The van der Waals surface area contributed by atoms with E-state index in [-0.39, 0.29) is 24.1 Å². The Balaban J connectivity index is 1.58. The number of rotatable bonds is 6. The summed E-state index contributed by atoms with van der Waals surface area (Å²) in [6.45, 7) is -0.0226. The van der Waals surface area contributed by atoms with Gasteiger partial charge in [-0.3, -0.25) is 9.78 Å². The molecule has 0 fully saturated rings. The molecule has 0 spiro atoms. The van der Waals surface area contributed by atoms with E-state index in [0.717, 1.165) is 10.8 Å². The first kappa shape index (κ1) is 18.5. The highest BCUT2D eigenvalue weighted by atomic mass is 35.5. The Morgan fingerprint density at radius 1 is 1.15 bits per heavy atom. The second kappa shape index (κ2) is 8.36. The fourth-order valence-electron chi connectivity index (χ4n) is 2.44. The first-order valence-electron chi connectivity index (χ1n) is 7.93. The predicted molar refractivity (Wildman–Crippen MR) is 102 cm³/mol. The standard InChI is InChI=1S/C19H16Cl2N2O3/c20-15-6-3-7-16(17(15)21)26-11-13(24)10-23-19(25)18-14-5-2-1-4-12(14)8-9-22-18/h1-9,13,24H,10-11H2,(H,23,25). The van der Waals surface area contributed by atoms with Crippen LogP contribution in [0.25, 0.3) is 10.8 Å². The molecule has 2 N–H and O–H groups in total. The normalized spacial score (nSPS) is 12.0. The summed E-state index contributed by atoms with van der Waals surface area (Å²) in [5.74, 6) is 0.0156. The number of carbonyl (C=O) groups is 1. The van der Waals surface area contributed by atoms with Gasteiger partial charge in [0.1, 0.15) is 29.2 Å². The van der Waals surface area contributed by atoms with Crippen molar-refractivity contribution in [3.63, 3.8) is 0 Å². The highest BCUT2D eigenvalue weighted by Gasteiger charge is 2.14. The molecule has 3 rings (SSSR count). The van der Waals surface area contributed by atoms with Gasteiger partial charge in [0.05, 0.1) is 5.02 Å². The molecule has 3 aromatic rings. The van der Waals surface area contributed by atoms with E-state index in [1.807, 2.05) is 30.3 Å². The molecule has 1 unspecified atom stereocenters. The molecule has 134 valence electrons. The van der Waals surface area contributed by atoms with Crippen LogP contribution in [0.1, 0.15) is 10.5 Å². The highest BCUT2D eigenvalue weighted by Crippen LogP contribution is 2.31. The zero-order chi connectivity index (χ0) is 18.5. The maximum absolute atomic E-state index is 12.4. The van der Waals surface area contributed by atoms with Crippen molar-refractivity contribution in [1.82, 2.24) is 10.3 Å². The van der Waals surface area contributed by atoms with E-state index < -0.39 is 6.10 Å². The number of benzene rings is 2. The Morgan fingerprint density at radius 2 is 1.96 bits per heavy atom. The zero-order valence-electron chi connectivity index (χ0n) is 13.7. The molecule has 0 saturated heterocycles. The third-order valence-corrected chi connectivity index (χ3v) is 4.54. The van der Waals surface area contributed by atoms with Crippen molar-refractivity contribution in [3.05, 3.63) is 70.5 Å². The van der Waals surface area contributed by atoms with E-state index in [1.165, 1.54) is 0 Å². The van der Waals surface area contributed by atoms with Crippen LogP contribution < -0.4 is 10.1 Å². The molecule has 0 aliphatic heterocycles. The summed E-state index contributed by atoms with van der Waals surface area (Å²) in [6, 6.07) is 14.3. The van der Waals surface area contributed by atoms with Crippen molar-refractivity contribution in [2.75, 3.05) is 13.2 Å². The predicted octanol–water partition coefficient (Wildman–Crippen LogP) is 3.71. The topological polar surface area (TPSA) is 71.5 Å². The first-order valence-corrected chi connectivity index (χ1v) is 8.68. The van der Waals surface area contributed by atoms with Gasteiger partial charge in [-0.25, -0.2) is 0 Å². The van der Waals surface area contributed by atoms with E-state index in [2.05, 4.69) is 10.3 Å². The van der Waals surface area contributed by atoms with Crippen molar-refractivity contribution in [1.29, 1.82) is 0 Å². The van der Waals surface area contributed by atoms with E-state index >= 15 is 0 Å². The number of aliphatic hydroxyl groups is 1. The van der Waals surface area contributed by atoms with Gasteiger partial charge in [0.15, 0.2) is 0 Å². The number of aliphatic hydroxyl groups excluding tert-OH is 1. The van der Waals surface area contributed by atoms with Crippen LogP contribution in [0.2, 0.25) is 10.0 Å². The first-order chi connectivity index (χ1) is 12.6. The minimum absolute atomic E-state index is 0.0158. The Morgan fingerprint density at radius 3 is 2.81 bits per heavy atom. The fraction of sp³-hybridized carbons (Fsp3) is 0.158. The van der Waals surface area contributed by atoms with E-state index in [1.54, 1.807) is 24.4 Å². The molecule has 0 bridgehead atoms. The summed E-state index contributed by atoms with van der Waals surface area (Å²) in [5.41, 5.74) is 0.314. The lowest BCUT2D eigenvalue weighted by Gasteiger charge is -2.14. The summed E-state index contributed by atoms with van der Waals surface area (Å²) >= 11 is 11.9. The molecular formula is C19H16Cl2N2O3. The number of pyridine rings is 1. The molecular weight excluding hydrogens is 375 g/mol. The summed E-state index contributed by atoms with van der Waals surface area (Å²) < 4.78 is 5.45. The Kier molecular flexibility index (Phi) is 5.93. The van der Waals surface area contributed by atoms with Crippen LogP contribution in [0.3, 0.4) is 0 Å². The van der Waals surface area contributed by atoms with Crippen molar-refractivity contribution in [2.45, 2.75) is 6.10 Å². The number of aromatic nitrogens is 1. The largest absolute Gasteiger partial charge is 0.489 e. The van der Waals surface area contributed by atoms with Crippen LogP contribution in [0.4, 0.5) is 0 Å². The average Bonchev–Trinajstić information content (AvgIpc) is 2.66. The van der Waals surface area contributed by atoms with Gasteiger partial charge in [-0.1, -0.05) is 53.5 Å². The molecule has 5 nitrogen and oxygen atoms in total. The van der Waals surface area contributed by atoms with Crippen molar-refractivity contribution >= 4 is 39.9 Å². The number of nitrogens with one attached hydrogen (secondary N) is 1. The van der Waals surface area contributed by atoms with Gasteiger partial charge in [-0.05, 0) is 23.6 Å². The third-order valence-electron chi connectivity index (χ3n) is 3.73. The molecule has 1 amide bonds. The second-order valence-corrected chi connectivity index (χ2v) is 6.39. The number of hydrogen-bond acceptors (Lipinski definition) is 4. The van der Waals surface area contributed by atoms with Crippen molar-refractivity contribution in [3.8, 4) is 5.75 Å². The monoisotopic (exact) mass is 390 g/mol. The molecule has 0 aliphatic carbocycles. The van der Waals surface area contributed by atoms with Gasteiger partial charge < -0.3 is 15.2 Å². The van der Waals surface area contributed by atoms with Crippen LogP contribution in [0.5, 0.6) is 5.75 Å². The summed E-state index contributed by atoms with van der Waals surface area (Å²) in [4.78, 5) is 16.5. The maximum Gasteiger partial charge on any atom is 0.270 e. The van der Waals surface area contributed by atoms with Gasteiger partial charge in [0, 0.05) is 18.1 Å². The Labute approximate surface area is 160 Å². The van der Waals surface area contributed by atoms with E-state index in [9.17, 15) is 9.90 Å². The number of carbonyl (C=O) groups excluding carboxylic acids is 1. The molecule has 1 atom stereocenters. The SMILES string of the molecule is O=C(NCC(O)COc1cccc(Cl)c1Cl)c1nccc2ccccc12. The lowest BCUT2D eigenvalue weighted by Crippen LogP contribution is -2.35. The number of nitrogens with zero attached hydrogens (tertiary/aromatic N) is 1. The van der Waals surface area contributed by atoms with Crippen LogP contribution in [0.15, 0.2) is 54.7 Å². The Bertz CT molecular complexity index is 928. The molecule has 0 aliphatic rings. The third kappa shape index (κ3) is 4.25. The van der Waals surface area contributed by atoms with Gasteiger partial charge in [-0.2, -0.15) is 0 Å². The molecule has 2 aromatic carbocycles. The average molecular weight is 391 g/mol. The van der Waals surface area contributed by atoms with Gasteiger partial charge in [-0.15, -0.1) is 0 Å². The zero-order valence-corrected chi connectivity index (χ0v) is 15.2. The molecule has 26 heavy (non-hydrogen) atoms. The molecule has 0 radical (unpaired) electrons. The smallest absolute Gasteiger partial charge is 0.270 e. The number of hydrogen-bond donors (Lipinski definition) is 2. The number of ether oxygens (including phenoxy) is 1. The second-order valence-electron chi connectivity index (χ2n) is 5.61. The van der Waals surface area contributed by atoms with Gasteiger partial charge >= 0.3 is 0 Å². The lowest BCUT2D eigenvalue weighted by atomic mass is 10.1. The van der Waals surface area contributed by atoms with Crippen LogP contribution >= 0.6 is 23.2 Å². The number of halogens is 2. The van der Waals surface area contributed by atoms with Crippen LogP contribution in [-0.2, 0) is 0 Å². The minimum atomic E-state index is -0.913. The highest BCUT2D eigenvalue weighted by molar-refractivity contribution is 6.42. The molecule has 7 heteroatoms. The summed E-state index contributed by atoms with van der Waals surface area (Å²) in [7, 11) is 0. The van der Waals surface area contributed by atoms with Crippen LogP contribution in [0, 0.1) is 0 Å². The van der Waals surface area contributed by atoms with E-state index in [0.29, 0.717) is 16.5 Å². The molecule has 1 heterocycles. The van der Waals surface area contributed by atoms with E-state index in [4.69, 9.17) is 27.9 Å². The van der Waals surface area contributed by atoms with Crippen molar-refractivity contribution < 1.29 is 14.6 Å². The minimum Gasteiger partial charge on any atom is -0.489 e. The number of amides is 1. The summed E-state index contributed by atoms with van der Waals surface area (Å²) in [5, 5.41) is 15.0. The quantitative estimate of drug-likeness (QED) is 0.672. The maximum atomic E-state index is 12.4.